The number of rotatable bonds is 4. The molecule has 5 nitrogen and oxygen atoms in total. The van der Waals surface area contributed by atoms with Crippen molar-refractivity contribution >= 4 is 20.3 Å². The maximum Gasteiger partial charge on any atom is 0.311 e. The first kappa shape index (κ1) is 19.2. The highest BCUT2D eigenvalue weighted by Gasteiger charge is 2.48. The molecule has 1 saturated heterocycles. The van der Waals surface area contributed by atoms with E-state index in [9.17, 15) is 9.59 Å². The largest absolute Gasteiger partial charge is 0.469 e. The molecule has 0 N–H and O–H groups in total. The van der Waals surface area contributed by atoms with Gasteiger partial charge in [-0.3, -0.25) is 9.59 Å². The quantitative estimate of drug-likeness (QED) is 0.585. The molecule has 0 aromatic heterocycles. The highest BCUT2D eigenvalue weighted by Crippen LogP contribution is 2.41. The summed E-state index contributed by atoms with van der Waals surface area (Å²) in [6.45, 7) is 14.7. The summed E-state index contributed by atoms with van der Waals surface area (Å²) in [5.74, 6) is -1.03. The van der Waals surface area contributed by atoms with Crippen LogP contribution in [-0.2, 0) is 23.5 Å². The summed E-state index contributed by atoms with van der Waals surface area (Å²) in [4.78, 5) is 23.6. The van der Waals surface area contributed by atoms with Crippen LogP contribution in [0.25, 0.3) is 0 Å². The van der Waals surface area contributed by atoms with Gasteiger partial charge in [0, 0.05) is 5.92 Å². The van der Waals surface area contributed by atoms with Gasteiger partial charge < -0.3 is 13.9 Å². The number of ether oxygens (including phenoxy) is 2. The summed E-state index contributed by atoms with van der Waals surface area (Å²) < 4.78 is 16.6. The SMILES string of the molecule is COC(=O)CC1OC(=O)C(C)C(O[Si](C)(C)C(C)(C)C)C1C. The zero-order valence-electron chi connectivity index (χ0n) is 15.1. The van der Waals surface area contributed by atoms with Gasteiger partial charge in [-0.15, -0.1) is 0 Å². The van der Waals surface area contributed by atoms with Crippen LogP contribution in [0.4, 0.5) is 0 Å². The first-order valence-corrected chi connectivity index (χ1v) is 10.8. The van der Waals surface area contributed by atoms with Crippen LogP contribution in [0.5, 0.6) is 0 Å². The van der Waals surface area contributed by atoms with Crippen molar-refractivity contribution in [2.24, 2.45) is 11.8 Å². The topological polar surface area (TPSA) is 61.8 Å². The number of carbonyl (C=O) groups is 2. The summed E-state index contributed by atoms with van der Waals surface area (Å²) in [7, 11) is -0.670. The minimum absolute atomic E-state index is 0.0408. The standard InChI is InChI=1S/C16H30O5Si/c1-10-12(9-13(17)19-6)20-15(18)11(2)14(10)21-22(7,8)16(3,4)5/h10-12,14H,9H2,1-8H3. The molecule has 22 heavy (non-hydrogen) atoms. The van der Waals surface area contributed by atoms with E-state index >= 15 is 0 Å². The first-order chi connectivity index (χ1) is 9.90. The van der Waals surface area contributed by atoms with Crippen LogP contribution >= 0.6 is 0 Å². The predicted molar refractivity (Wildman–Crippen MR) is 86.9 cm³/mol. The van der Waals surface area contributed by atoms with Crippen molar-refractivity contribution in [1.82, 2.24) is 0 Å². The highest BCUT2D eigenvalue weighted by molar-refractivity contribution is 6.74. The Bertz CT molecular complexity index is 425. The molecule has 0 radical (unpaired) electrons. The number of cyclic esters (lactones) is 1. The van der Waals surface area contributed by atoms with Gasteiger partial charge in [0.25, 0.3) is 0 Å². The Kier molecular flexibility index (Phi) is 5.84. The lowest BCUT2D eigenvalue weighted by Gasteiger charge is -2.45. The normalized spacial score (nSPS) is 29.9. The van der Waals surface area contributed by atoms with Gasteiger partial charge in [0.1, 0.15) is 6.10 Å². The second-order valence-corrected chi connectivity index (χ2v) is 12.5. The first-order valence-electron chi connectivity index (χ1n) is 7.86. The predicted octanol–water partition coefficient (Wildman–Crippen LogP) is 3.14. The van der Waals surface area contributed by atoms with Gasteiger partial charge in [-0.25, -0.2) is 0 Å². The zero-order valence-corrected chi connectivity index (χ0v) is 16.1. The third-order valence-electron chi connectivity index (χ3n) is 5.07. The fourth-order valence-electron chi connectivity index (χ4n) is 2.37. The molecule has 4 unspecified atom stereocenters. The molecule has 0 saturated carbocycles. The van der Waals surface area contributed by atoms with E-state index in [1.165, 1.54) is 7.11 Å². The average molecular weight is 330 g/mol. The molecular weight excluding hydrogens is 300 g/mol. The van der Waals surface area contributed by atoms with Crippen molar-refractivity contribution in [2.75, 3.05) is 7.11 Å². The molecule has 6 heteroatoms. The smallest absolute Gasteiger partial charge is 0.311 e. The lowest BCUT2D eigenvalue weighted by atomic mass is 9.85. The van der Waals surface area contributed by atoms with Crippen LogP contribution in [-0.4, -0.2) is 39.6 Å². The van der Waals surface area contributed by atoms with Crippen LogP contribution in [0, 0.1) is 11.8 Å². The summed E-state index contributed by atoms with van der Waals surface area (Å²) in [6, 6.07) is 0. The van der Waals surface area contributed by atoms with Gasteiger partial charge >= 0.3 is 11.9 Å². The van der Waals surface area contributed by atoms with Gasteiger partial charge in [0.2, 0.25) is 0 Å². The number of hydrogen-bond donors (Lipinski definition) is 0. The van der Waals surface area contributed by atoms with Crippen molar-refractivity contribution in [1.29, 1.82) is 0 Å². The van der Waals surface area contributed by atoms with E-state index in [1.807, 2.05) is 13.8 Å². The van der Waals surface area contributed by atoms with Gasteiger partial charge in [-0.05, 0) is 25.1 Å². The Labute approximate surface area is 134 Å². The Morgan fingerprint density at radius 3 is 2.27 bits per heavy atom. The van der Waals surface area contributed by atoms with Gasteiger partial charge in [-0.2, -0.15) is 0 Å². The number of methoxy groups -OCH3 is 1. The Hall–Kier alpha value is -0.883. The van der Waals surface area contributed by atoms with E-state index < -0.39 is 14.4 Å². The molecule has 0 amide bonds. The van der Waals surface area contributed by atoms with Crippen molar-refractivity contribution < 1.29 is 23.5 Å². The number of esters is 2. The third kappa shape index (κ3) is 4.10. The Morgan fingerprint density at radius 2 is 1.82 bits per heavy atom. The van der Waals surface area contributed by atoms with Gasteiger partial charge in [0.15, 0.2) is 8.32 Å². The summed E-state index contributed by atoms with van der Waals surface area (Å²) in [5.41, 5.74) is 0. The Morgan fingerprint density at radius 1 is 1.27 bits per heavy atom. The van der Waals surface area contributed by atoms with E-state index in [2.05, 4.69) is 33.9 Å². The van der Waals surface area contributed by atoms with Crippen LogP contribution in [0.1, 0.15) is 41.0 Å². The van der Waals surface area contributed by atoms with E-state index in [-0.39, 0.29) is 41.3 Å². The van der Waals surface area contributed by atoms with Crippen molar-refractivity contribution in [3.8, 4) is 0 Å². The minimum Gasteiger partial charge on any atom is -0.469 e. The van der Waals surface area contributed by atoms with Crippen LogP contribution in [0.3, 0.4) is 0 Å². The molecule has 0 bridgehead atoms. The maximum atomic E-state index is 12.1. The molecule has 1 fully saturated rings. The highest BCUT2D eigenvalue weighted by atomic mass is 28.4. The fourth-order valence-corrected chi connectivity index (χ4v) is 3.82. The van der Waals surface area contributed by atoms with Gasteiger partial charge in [0.05, 0.1) is 25.6 Å². The summed E-state index contributed by atoms with van der Waals surface area (Å²) in [6.07, 6.45) is -0.629. The van der Waals surface area contributed by atoms with Crippen LogP contribution < -0.4 is 0 Å². The molecule has 0 spiro atoms. The van der Waals surface area contributed by atoms with E-state index in [1.54, 1.807) is 0 Å². The summed E-state index contributed by atoms with van der Waals surface area (Å²) in [5, 5.41) is 0.0611. The van der Waals surface area contributed by atoms with Gasteiger partial charge in [-0.1, -0.05) is 27.7 Å². The molecule has 128 valence electrons. The maximum absolute atomic E-state index is 12.1. The van der Waals surface area contributed by atoms with Crippen LogP contribution in [0.2, 0.25) is 18.1 Å². The molecule has 0 aromatic carbocycles. The number of carbonyl (C=O) groups excluding carboxylic acids is 2. The molecule has 1 aliphatic rings. The fraction of sp³-hybridized carbons (Fsp3) is 0.875. The molecule has 1 heterocycles. The van der Waals surface area contributed by atoms with Crippen molar-refractivity contribution in [3.05, 3.63) is 0 Å². The average Bonchev–Trinajstić information content (AvgIpc) is 2.39. The Balaban J connectivity index is 2.95. The lowest BCUT2D eigenvalue weighted by Crippen LogP contribution is -2.54. The molecular formula is C16H30O5Si. The van der Waals surface area contributed by atoms with E-state index in [0.29, 0.717) is 0 Å². The monoisotopic (exact) mass is 330 g/mol. The minimum atomic E-state index is -2.01. The molecule has 1 aliphatic heterocycles. The zero-order chi connectivity index (χ0) is 17.3. The summed E-state index contributed by atoms with van der Waals surface area (Å²) >= 11 is 0. The molecule has 0 aromatic rings. The molecule has 1 rings (SSSR count). The van der Waals surface area contributed by atoms with E-state index in [0.717, 1.165) is 0 Å². The second-order valence-electron chi connectivity index (χ2n) is 7.75. The molecule has 4 atom stereocenters. The van der Waals surface area contributed by atoms with Crippen molar-refractivity contribution in [2.45, 2.75) is 71.4 Å². The second kappa shape index (κ2) is 6.70. The van der Waals surface area contributed by atoms with Crippen LogP contribution in [0.15, 0.2) is 0 Å². The molecule has 0 aliphatic carbocycles. The van der Waals surface area contributed by atoms with Crippen molar-refractivity contribution in [3.63, 3.8) is 0 Å². The lowest BCUT2D eigenvalue weighted by molar-refractivity contribution is -0.178. The third-order valence-corrected chi connectivity index (χ3v) is 9.54. The number of hydrogen-bond acceptors (Lipinski definition) is 5. The van der Waals surface area contributed by atoms with E-state index in [4.69, 9.17) is 13.9 Å².